The van der Waals surface area contributed by atoms with Crippen LogP contribution in [-0.2, 0) is 16.0 Å². The van der Waals surface area contributed by atoms with Gasteiger partial charge in [0.05, 0.1) is 36.7 Å². The number of benzene rings is 1. The summed E-state index contributed by atoms with van der Waals surface area (Å²) in [5.41, 5.74) is 1.46. The van der Waals surface area contributed by atoms with Crippen LogP contribution in [0.1, 0.15) is 29.9 Å². The largest absolute Gasteiger partial charge is 0.465 e. The molecule has 0 spiro atoms. The smallest absolute Gasteiger partial charge is 0.342 e. The number of carbonyl (C=O) groups is 1. The van der Waals surface area contributed by atoms with Crippen molar-refractivity contribution < 1.29 is 18.7 Å². The molecule has 11 heteroatoms. The van der Waals surface area contributed by atoms with Gasteiger partial charge in [0.2, 0.25) is 0 Å². The number of thiazole rings is 1. The van der Waals surface area contributed by atoms with Gasteiger partial charge in [0.25, 0.3) is 0 Å². The van der Waals surface area contributed by atoms with Crippen molar-refractivity contribution in [2.45, 2.75) is 38.5 Å². The van der Waals surface area contributed by atoms with Crippen LogP contribution in [0.5, 0.6) is 0 Å². The molecule has 2 saturated heterocycles. The molecule has 36 heavy (non-hydrogen) atoms. The number of methoxy groups -OCH3 is 1. The Bertz CT molecular complexity index is 1240. The highest BCUT2D eigenvalue weighted by Gasteiger charge is 2.40. The summed E-state index contributed by atoms with van der Waals surface area (Å²) in [4.78, 5) is 31.8. The topological polar surface area (TPSA) is 80.7 Å². The number of esters is 1. The third kappa shape index (κ3) is 4.88. The van der Waals surface area contributed by atoms with Crippen LogP contribution in [-0.4, -0.2) is 82.3 Å². The van der Waals surface area contributed by atoms with Gasteiger partial charge >= 0.3 is 5.97 Å². The molecular formula is C25H27ClFN5O3S. The van der Waals surface area contributed by atoms with Gasteiger partial charge in [-0.2, -0.15) is 0 Å². The Morgan fingerprint density at radius 2 is 2.03 bits per heavy atom. The van der Waals surface area contributed by atoms with Crippen LogP contribution in [0, 0.1) is 5.82 Å². The van der Waals surface area contributed by atoms with Crippen LogP contribution in [0.15, 0.2) is 29.8 Å². The Kier molecular flexibility index (Phi) is 7.32. The fraction of sp³-hybridized carbons (Fsp3) is 0.440. The number of carbonyl (C=O) groups excluding carboxylic acids is 1. The minimum atomic E-state index is -0.576. The zero-order valence-electron chi connectivity index (χ0n) is 20.3. The second-order valence-electron chi connectivity index (χ2n) is 9.24. The van der Waals surface area contributed by atoms with E-state index < -0.39 is 11.8 Å². The third-order valence-electron chi connectivity index (χ3n) is 6.69. The molecule has 190 valence electrons. The Morgan fingerprint density at radius 1 is 1.28 bits per heavy atom. The lowest BCUT2D eigenvalue weighted by Crippen LogP contribution is -2.65. The van der Waals surface area contributed by atoms with E-state index in [-0.39, 0.29) is 22.7 Å². The van der Waals surface area contributed by atoms with Gasteiger partial charge in [0.1, 0.15) is 11.4 Å². The molecule has 2 aliphatic heterocycles. The summed E-state index contributed by atoms with van der Waals surface area (Å²) in [6, 6.07) is 4.76. The van der Waals surface area contributed by atoms with E-state index in [9.17, 15) is 9.18 Å². The van der Waals surface area contributed by atoms with Gasteiger partial charge in [-0.15, -0.1) is 11.3 Å². The molecule has 0 amide bonds. The molecule has 0 N–H and O–H groups in total. The van der Waals surface area contributed by atoms with E-state index >= 15 is 0 Å². The zero-order chi connectivity index (χ0) is 25.4. The average Bonchev–Trinajstić information content (AvgIpc) is 3.38. The van der Waals surface area contributed by atoms with Crippen LogP contribution in [0.25, 0.3) is 22.1 Å². The molecule has 2 aliphatic rings. The Morgan fingerprint density at radius 3 is 2.64 bits per heavy atom. The summed E-state index contributed by atoms with van der Waals surface area (Å²) >= 11 is 7.83. The molecule has 0 saturated carbocycles. The van der Waals surface area contributed by atoms with E-state index in [1.807, 2.05) is 5.38 Å². The van der Waals surface area contributed by atoms with E-state index in [4.69, 9.17) is 26.1 Å². The molecular weight excluding hydrogens is 505 g/mol. The summed E-state index contributed by atoms with van der Waals surface area (Å²) in [7, 11) is 1.32. The number of rotatable bonds is 6. The van der Waals surface area contributed by atoms with Gasteiger partial charge in [-0.25, -0.2) is 24.1 Å². The van der Waals surface area contributed by atoms with Gasteiger partial charge in [0.15, 0.2) is 10.8 Å². The lowest BCUT2D eigenvalue weighted by Gasteiger charge is -2.50. The average molecular weight is 532 g/mol. The molecule has 8 nitrogen and oxygen atoms in total. The fourth-order valence-corrected chi connectivity index (χ4v) is 5.68. The maximum Gasteiger partial charge on any atom is 0.342 e. The monoisotopic (exact) mass is 531 g/mol. The van der Waals surface area contributed by atoms with Crippen molar-refractivity contribution in [2.75, 3.05) is 33.4 Å². The van der Waals surface area contributed by atoms with E-state index in [1.165, 1.54) is 36.6 Å². The molecule has 2 aromatic heterocycles. The fourth-order valence-electron chi connectivity index (χ4n) is 4.86. The van der Waals surface area contributed by atoms with E-state index in [1.54, 1.807) is 6.20 Å². The van der Waals surface area contributed by atoms with E-state index in [0.717, 1.165) is 13.1 Å². The molecule has 1 aromatic carbocycles. The number of nitrogens with zero attached hydrogens (tertiary/aromatic N) is 5. The first kappa shape index (κ1) is 25.2. The first-order valence-electron chi connectivity index (χ1n) is 11.8. The van der Waals surface area contributed by atoms with E-state index in [2.05, 4.69) is 33.6 Å². The van der Waals surface area contributed by atoms with Gasteiger partial charge < -0.3 is 9.47 Å². The number of hydrogen-bond donors (Lipinski definition) is 0. The van der Waals surface area contributed by atoms with Crippen molar-refractivity contribution in [1.82, 2.24) is 24.8 Å². The number of fused-ring (bicyclic) bond motifs is 2. The Hall–Kier alpha value is -2.50. The molecule has 2 bridgehead atoms. The quantitative estimate of drug-likeness (QED) is 0.439. The number of aromatic nitrogens is 3. The molecule has 5 rings (SSSR count). The van der Waals surface area contributed by atoms with Crippen molar-refractivity contribution in [2.24, 2.45) is 0 Å². The second-order valence-corrected chi connectivity index (χ2v) is 10.5. The minimum Gasteiger partial charge on any atom is -0.465 e. The third-order valence-corrected chi connectivity index (χ3v) is 7.78. The minimum absolute atomic E-state index is 0.144. The lowest BCUT2D eigenvalue weighted by atomic mass is 9.99. The van der Waals surface area contributed by atoms with Crippen LogP contribution >= 0.6 is 22.9 Å². The van der Waals surface area contributed by atoms with Crippen molar-refractivity contribution in [3.05, 3.63) is 51.9 Å². The van der Waals surface area contributed by atoms with Crippen LogP contribution in [0.3, 0.4) is 0 Å². The van der Waals surface area contributed by atoms with Crippen molar-refractivity contribution in [1.29, 1.82) is 0 Å². The SMILES string of the molecule is COC(=O)c1c(CN2C3COC[C@H]2CN(C(C)C)C3)nc(-c2nccs2)nc1-c1ccc(F)cc1Cl. The Balaban J connectivity index is 1.64. The van der Waals surface area contributed by atoms with Crippen LogP contribution in [0.4, 0.5) is 4.39 Å². The summed E-state index contributed by atoms with van der Waals surface area (Å²) in [5.74, 6) is -0.674. The maximum absolute atomic E-state index is 13.9. The highest BCUT2D eigenvalue weighted by molar-refractivity contribution is 7.13. The molecule has 2 atom stereocenters. The summed E-state index contributed by atoms with van der Waals surface area (Å²) in [6.07, 6.45) is 1.68. The molecule has 4 heterocycles. The second kappa shape index (κ2) is 10.5. The molecule has 2 fully saturated rings. The van der Waals surface area contributed by atoms with Crippen LogP contribution < -0.4 is 0 Å². The molecule has 3 aromatic rings. The Labute approximate surface area is 218 Å². The molecule has 1 unspecified atom stereocenters. The standard InChI is InChI=1S/C25H27ClFN5O3S/c1-14(2)31-9-16-12-35-13-17(10-31)32(16)11-20-21(25(33)34-3)22(18-5-4-15(27)8-19(18)26)30-23(29-20)24-28-6-7-36-24/h4-8,14,16-17H,9-13H2,1-3H3/t16-,17?/m1/s1. The van der Waals surface area contributed by atoms with Gasteiger partial charge in [-0.3, -0.25) is 9.80 Å². The van der Waals surface area contributed by atoms with Crippen LogP contribution in [0.2, 0.25) is 5.02 Å². The number of piperazine rings is 1. The summed E-state index contributed by atoms with van der Waals surface area (Å²) in [5, 5.41) is 2.59. The van der Waals surface area contributed by atoms with Crippen molar-refractivity contribution >= 4 is 28.9 Å². The van der Waals surface area contributed by atoms with Crippen molar-refractivity contribution in [3.8, 4) is 22.1 Å². The van der Waals surface area contributed by atoms with Crippen molar-refractivity contribution in [3.63, 3.8) is 0 Å². The number of halogens is 2. The zero-order valence-corrected chi connectivity index (χ0v) is 21.9. The first-order chi connectivity index (χ1) is 17.4. The lowest BCUT2D eigenvalue weighted by molar-refractivity contribution is -0.107. The maximum atomic E-state index is 13.9. The predicted molar refractivity (Wildman–Crippen MR) is 136 cm³/mol. The van der Waals surface area contributed by atoms with Gasteiger partial charge in [-0.1, -0.05) is 11.6 Å². The summed E-state index contributed by atoms with van der Waals surface area (Å²) in [6.45, 7) is 7.74. The highest BCUT2D eigenvalue weighted by atomic mass is 35.5. The number of morpholine rings is 1. The molecule has 0 radical (unpaired) electrons. The molecule has 0 aliphatic carbocycles. The van der Waals surface area contributed by atoms with Gasteiger partial charge in [0, 0.05) is 54.9 Å². The predicted octanol–water partition coefficient (Wildman–Crippen LogP) is 4.14. The summed E-state index contributed by atoms with van der Waals surface area (Å²) < 4.78 is 24.9. The first-order valence-corrected chi connectivity index (χ1v) is 13.0. The normalized spacial score (nSPS) is 20.6. The highest BCUT2D eigenvalue weighted by Crippen LogP contribution is 2.35. The number of hydrogen-bond acceptors (Lipinski definition) is 9. The van der Waals surface area contributed by atoms with Gasteiger partial charge in [-0.05, 0) is 32.0 Å². The van der Waals surface area contributed by atoms with E-state index in [0.29, 0.717) is 53.6 Å². The number of ether oxygens (including phenoxy) is 2.